The standard InChI is InChI=1S/C14H28N2O/c1-15-10-9-14(7-5-8-14)17-12-13-6-3-4-11-16(13)2/h13,15H,3-12H2,1-2H3. The molecule has 1 aliphatic heterocycles. The second kappa shape index (κ2) is 6.17. The van der Waals surface area contributed by atoms with Crippen LogP contribution in [-0.4, -0.2) is 50.3 Å². The highest BCUT2D eigenvalue weighted by molar-refractivity contribution is 4.91. The average molecular weight is 240 g/mol. The fraction of sp³-hybridized carbons (Fsp3) is 1.00. The molecule has 17 heavy (non-hydrogen) atoms. The summed E-state index contributed by atoms with van der Waals surface area (Å²) < 4.78 is 6.30. The highest BCUT2D eigenvalue weighted by atomic mass is 16.5. The summed E-state index contributed by atoms with van der Waals surface area (Å²) in [4.78, 5) is 2.48. The predicted molar refractivity (Wildman–Crippen MR) is 71.3 cm³/mol. The molecule has 0 aromatic heterocycles. The Bertz CT molecular complexity index is 228. The molecule has 1 heterocycles. The van der Waals surface area contributed by atoms with Gasteiger partial charge in [0.05, 0.1) is 12.2 Å². The van der Waals surface area contributed by atoms with Crippen molar-refractivity contribution in [3.05, 3.63) is 0 Å². The Morgan fingerprint density at radius 2 is 2.12 bits per heavy atom. The number of hydrogen-bond donors (Lipinski definition) is 1. The summed E-state index contributed by atoms with van der Waals surface area (Å²) in [6.45, 7) is 3.28. The van der Waals surface area contributed by atoms with Crippen LogP contribution in [0.1, 0.15) is 44.9 Å². The Labute approximate surface area is 106 Å². The van der Waals surface area contributed by atoms with E-state index in [4.69, 9.17) is 4.74 Å². The summed E-state index contributed by atoms with van der Waals surface area (Å²) in [6, 6.07) is 0.663. The van der Waals surface area contributed by atoms with Crippen LogP contribution in [0.3, 0.4) is 0 Å². The lowest BCUT2D eigenvalue weighted by Gasteiger charge is -2.44. The smallest absolute Gasteiger partial charge is 0.0695 e. The van der Waals surface area contributed by atoms with Gasteiger partial charge in [-0.15, -0.1) is 0 Å². The second-order valence-corrected chi connectivity index (χ2v) is 5.83. The summed E-state index contributed by atoms with van der Waals surface area (Å²) in [5.74, 6) is 0. The maximum atomic E-state index is 6.30. The van der Waals surface area contributed by atoms with Crippen molar-refractivity contribution in [2.24, 2.45) is 0 Å². The highest BCUT2D eigenvalue weighted by Gasteiger charge is 2.38. The van der Waals surface area contributed by atoms with Crippen molar-refractivity contribution >= 4 is 0 Å². The highest BCUT2D eigenvalue weighted by Crippen LogP contribution is 2.38. The molecule has 3 heteroatoms. The SMILES string of the molecule is CNCCC1(OCC2CCCCN2C)CCC1. The normalized spacial score (nSPS) is 28.9. The first-order chi connectivity index (χ1) is 8.26. The van der Waals surface area contributed by atoms with E-state index in [0.717, 1.165) is 13.2 Å². The van der Waals surface area contributed by atoms with Gasteiger partial charge in [0.2, 0.25) is 0 Å². The number of ether oxygens (including phenoxy) is 1. The van der Waals surface area contributed by atoms with E-state index < -0.39 is 0 Å². The molecule has 1 aliphatic carbocycles. The average Bonchev–Trinajstić information content (AvgIpc) is 2.29. The van der Waals surface area contributed by atoms with E-state index in [1.807, 2.05) is 7.05 Å². The van der Waals surface area contributed by atoms with Crippen molar-refractivity contribution in [3.63, 3.8) is 0 Å². The Morgan fingerprint density at radius 3 is 2.71 bits per heavy atom. The molecular weight excluding hydrogens is 212 g/mol. The van der Waals surface area contributed by atoms with Gasteiger partial charge in [-0.2, -0.15) is 0 Å². The maximum absolute atomic E-state index is 6.30. The molecule has 1 N–H and O–H groups in total. The zero-order valence-corrected chi connectivity index (χ0v) is 11.5. The molecule has 0 aromatic carbocycles. The fourth-order valence-electron chi connectivity index (χ4n) is 3.02. The Balaban J connectivity index is 1.75. The van der Waals surface area contributed by atoms with Crippen molar-refractivity contribution in [2.45, 2.75) is 56.6 Å². The first-order valence-corrected chi connectivity index (χ1v) is 7.25. The summed E-state index contributed by atoms with van der Waals surface area (Å²) in [5.41, 5.74) is 0.224. The Morgan fingerprint density at radius 1 is 1.29 bits per heavy atom. The van der Waals surface area contributed by atoms with Crippen LogP contribution in [0.2, 0.25) is 0 Å². The molecule has 1 saturated carbocycles. The summed E-state index contributed by atoms with van der Waals surface area (Å²) in [7, 11) is 4.27. The van der Waals surface area contributed by atoms with Crippen LogP contribution in [0, 0.1) is 0 Å². The van der Waals surface area contributed by atoms with Gasteiger partial charge in [-0.1, -0.05) is 6.42 Å². The van der Waals surface area contributed by atoms with Gasteiger partial charge in [-0.05, 0) is 65.7 Å². The van der Waals surface area contributed by atoms with Crippen molar-refractivity contribution in [3.8, 4) is 0 Å². The number of likely N-dealkylation sites (tertiary alicyclic amines) is 1. The molecule has 0 aromatic rings. The van der Waals surface area contributed by atoms with Crippen LogP contribution in [0.5, 0.6) is 0 Å². The van der Waals surface area contributed by atoms with Gasteiger partial charge in [0.1, 0.15) is 0 Å². The molecule has 0 radical (unpaired) electrons. The van der Waals surface area contributed by atoms with Gasteiger partial charge in [0, 0.05) is 6.04 Å². The molecular formula is C14H28N2O. The van der Waals surface area contributed by atoms with Crippen LogP contribution in [0.25, 0.3) is 0 Å². The second-order valence-electron chi connectivity index (χ2n) is 5.83. The molecule has 100 valence electrons. The number of nitrogens with zero attached hydrogens (tertiary/aromatic N) is 1. The number of nitrogens with one attached hydrogen (secondary N) is 1. The van der Waals surface area contributed by atoms with Gasteiger partial charge in [0.25, 0.3) is 0 Å². The first-order valence-electron chi connectivity index (χ1n) is 7.25. The van der Waals surface area contributed by atoms with E-state index in [1.165, 1.54) is 51.5 Å². The first kappa shape index (κ1) is 13.3. The van der Waals surface area contributed by atoms with Crippen LogP contribution < -0.4 is 5.32 Å². The molecule has 2 fully saturated rings. The maximum Gasteiger partial charge on any atom is 0.0695 e. The summed E-state index contributed by atoms with van der Waals surface area (Å²) >= 11 is 0. The van der Waals surface area contributed by atoms with Crippen molar-refractivity contribution in [2.75, 3.05) is 33.8 Å². The summed E-state index contributed by atoms with van der Waals surface area (Å²) in [6.07, 6.45) is 9.12. The minimum atomic E-state index is 0.224. The number of likely N-dealkylation sites (N-methyl/N-ethyl adjacent to an activating group) is 1. The van der Waals surface area contributed by atoms with Crippen LogP contribution in [-0.2, 0) is 4.74 Å². The van der Waals surface area contributed by atoms with Gasteiger partial charge in [0.15, 0.2) is 0 Å². The molecule has 1 saturated heterocycles. The lowest BCUT2D eigenvalue weighted by molar-refractivity contribution is -0.121. The number of hydrogen-bond acceptors (Lipinski definition) is 3. The third-order valence-electron chi connectivity index (χ3n) is 4.60. The lowest BCUT2D eigenvalue weighted by Crippen LogP contribution is -2.47. The van der Waals surface area contributed by atoms with E-state index in [9.17, 15) is 0 Å². The quantitative estimate of drug-likeness (QED) is 0.769. The van der Waals surface area contributed by atoms with Crippen LogP contribution >= 0.6 is 0 Å². The minimum Gasteiger partial charge on any atom is -0.373 e. The zero-order chi connectivity index (χ0) is 12.1. The Kier molecular flexibility index (Phi) is 4.83. The third-order valence-corrected chi connectivity index (χ3v) is 4.60. The van der Waals surface area contributed by atoms with Gasteiger partial charge in [-0.3, -0.25) is 0 Å². The molecule has 2 rings (SSSR count). The van der Waals surface area contributed by atoms with Crippen molar-refractivity contribution in [1.29, 1.82) is 0 Å². The third kappa shape index (κ3) is 3.43. The van der Waals surface area contributed by atoms with E-state index in [2.05, 4.69) is 17.3 Å². The molecule has 2 aliphatic rings. The number of rotatable bonds is 6. The largest absolute Gasteiger partial charge is 0.373 e. The van der Waals surface area contributed by atoms with Gasteiger partial charge < -0.3 is 15.0 Å². The fourth-order valence-corrected chi connectivity index (χ4v) is 3.02. The number of piperidine rings is 1. The van der Waals surface area contributed by atoms with E-state index in [-0.39, 0.29) is 5.60 Å². The monoisotopic (exact) mass is 240 g/mol. The molecule has 1 atom stereocenters. The van der Waals surface area contributed by atoms with E-state index >= 15 is 0 Å². The molecule has 3 nitrogen and oxygen atoms in total. The van der Waals surface area contributed by atoms with Gasteiger partial charge >= 0.3 is 0 Å². The molecule has 0 bridgehead atoms. The predicted octanol–water partition coefficient (Wildman–Crippen LogP) is 2.02. The lowest BCUT2D eigenvalue weighted by atomic mass is 9.77. The zero-order valence-electron chi connectivity index (χ0n) is 11.5. The minimum absolute atomic E-state index is 0.224. The van der Waals surface area contributed by atoms with Gasteiger partial charge in [-0.25, -0.2) is 0 Å². The van der Waals surface area contributed by atoms with Crippen LogP contribution in [0.4, 0.5) is 0 Å². The topological polar surface area (TPSA) is 24.5 Å². The molecule has 1 unspecified atom stereocenters. The van der Waals surface area contributed by atoms with E-state index in [0.29, 0.717) is 6.04 Å². The molecule has 0 amide bonds. The van der Waals surface area contributed by atoms with Crippen LogP contribution in [0.15, 0.2) is 0 Å². The van der Waals surface area contributed by atoms with Crippen molar-refractivity contribution < 1.29 is 4.74 Å². The summed E-state index contributed by atoms with van der Waals surface area (Å²) in [5, 5.41) is 3.25. The Hall–Kier alpha value is -0.120. The van der Waals surface area contributed by atoms with Crippen molar-refractivity contribution in [1.82, 2.24) is 10.2 Å². The van der Waals surface area contributed by atoms with E-state index in [1.54, 1.807) is 0 Å². The molecule has 0 spiro atoms.